The van der Waals surface area contributed by atoms with Crippen molar-refractivity contribution >= 4 is 16.7 Å². The van der Waals surface area contributed by atoms with Crippen molar-refractivity contribution in [3.8, 4) is 22.9 Å². The van der Waals surface area contributed by atoms with Crippen molar-refractivity contribution in [2.24, 2.45) is 0 Å². The van der Waals surface area contributed by atoms with Gasteiger partial charge in [-0.2, -0.15) is 5.10 Å². The molecule has 4 aromatic heterocycles. The molecule has 8 heteroatoms. The van der Waals surface area contributed by atoms with Crippen molar-refractivity contribution < 1.29 is 9.47 Å². The summed E-state index contributed by atoms with van der Waals surface area (Å²) >= 11 is 0. The van der Waals surface area contributed by atoms with Crippen LogP contribution >= 0.6 is 0 Å². The van der Waals surface area contributed by atoms with E-state index in [2.05, 4.69) is 39.9 Å². The van der Waals surface area contributed by atoms with Crippen LogP contribution in [0, 0.1) is 6.92 Å². The number of fused-ring (bicyclic) bond motifs is 1. The lowest BCUT2D eigenvalue weighted by Gasteiger charge is -2.16. The fraction of sp³-hybridized carbons (Fsp3) is 0.360. The maximum absolute atomic E-state index is 5.77. The number of nitrogens with one attached hydrogen (secondary N) is 1. The van der Waals surface area contributed by atoms with E-state index in [4.69, 9.17) is 19.6 Å². The van der Waals surface area contributed by atoms with Crippen molar-refractivity contribution in [3.05, 3.63) is 54.1 Å². The molecule has 0 aliphatic rings. The van der Waals surface area contributed by atoms with E-state index in [1.54, 1.807) is 19.5 Å². The predicted octanol–water partition coefficient (Wildman–Crippen LogP) is 5.19. The van der Waals surface area contributed by atoms with Gasteiger partial charge in [-0.3, -0.25) is 9.67 Å². The van der Waals surface area contributed by atoms with Gasteiger partial charge in [0, 0.05) is 25.0 Å². The monoisotopic (exact) mass is 446 g/mol. The summed E-state index contributed by atoms with van der Waals surface area (Å²) in [7, 11) is 1.64. The number of hydrogen-bond acceptors (Lipinski definition) is 7. The zero-order chi connectivity index (χ0) is 23.4. The molecular formula is C25H30N6O2. The van der Waals surface area contributed by atoms with Crippen LogP contribution < -0.4 is 14.8 Å². The van der Waals surface area contributed by atoms with Crippen LogP contribution in [0.4, 0.5) is 5.69 Å². The predicted molar refractivity (Wildman–Crippen MR) is 130 cm³/mol. The smallest absolute Gasteiger partial charge is 0.222 e. The summed E-state index contributed by atoms with van der Waals surface area (Å²) < 4.78 is 13.2. The lowest BCUT2D eigenvalue weighted by atomic mass is 10.1. The standard InChI is InChI=1S/C25H30N6O2/c1-6-16(3)31-24-22(28-14-18-11-19(32-5)15-26-13-18)12-21(29-23(24)17(4)30-31)20-9-8-10-27-25(20)33-7-2/h8-13,15-16H,6-7,14H2,1-5H3,(H,28,29)/t16-/m1/s1. The average Bonchev–Trinajstić information content (AvgIpc) is 3.19. The number of pyridine rings is 3. The van der Waals surface area contributed by atoms with Crippen molar-refractivity contribution in [1.29, 1.82) is 0 Å². The number of rotatable bonds is 9. The van der Waals surface area contributed by atoms with Gasteiger partial charge in [0.2, 0.25) is 5.88 Å². The van der Waals surface area contributed by atoms with Crippen molar-refractivity contribution in [2.75, 3.05) is 19.0 Å². The minimum Gasteiger partial charge on any atom is -0.495 e. The summed E-state index contributed by atoms with van der Waals surface area (Å²) in [4.78, 5) is 13.7. The third-order valence-corrected chi connectivity index (χ3v) is 5.65. The van der Waals surface area contributed by atoms with Crippen molar-refractivity contribution in [1.82, 2.24) is 24.7 Å². The minimum atomic E-state index is 0.241. The number of aryl methyl sites for hydroxylation is 1. The van der Waals surface area contributed by atoms with E-state index in [-0.39, 0.29) is 6.04 Å². The molecule has 0 aliphatic carbocycles. The number of hydrogen-bond donors (Lipinski definition) is 1. The van der Waals surface area contributed by atoms with E-state index in [1.807, 2.05) is 38.2 Å². The first-order chi connectivity index (χ1) is 16.0. The maximum atomic E-state index is 5.77. The molecule has 0 aromatic carbocycles. The van der Waals surface area contributed by atoms with Crippen LogP contribution in [0.5, 0.6) is 11.6 Å². The summed E-state index contributed by atoms with van der Waals surface area (Å²) in [5.41, 5.74) is 6.35. The molecule has 33 heavy (non-hydrogen) atoms. The SMILES string of the molecule is CCOc1ncccc1-c1cc(NCc2cncc(OC)c2)c2c(n1)c(C)nn2[C@H](C)CC. The first-order valence-corrected chi connectivity index (χ1v) is 11.3. The van der Waals surface area contributed by atoms with Gasteiger partial charge in [0.1, 0.15) is 16.8 Å². The molecule has 0 radical (unpaired) electrons. The number of nitrogens with zero attached hydrogens (tertiary/aromatic N) is 5. The zero-order valence-corrected chi connectivity index (χ0v) is 19.8. The molecule has 0 unspecified atom stereocenters. The normalized spacial score (nSPS) is 12.0. The summed E-state index contributed by atoms with van der Waals surface area (Å²) in [6.07, 6.45) is 6.23. The van der Waals surface area contributed by atoms with Crippen LogP contribution in [0.25, 0.3) is 22.3 Å². The van der Waals surface area contributed by atoms with Gasteiger partial charge in [0.15, 0.2) is 0 Å². The molecule has 0 saturated carbocycles. The van der Waals surface area contributed by atoms with E-state index in [9.17, 15) is 0 Å². The summed E-state index contributed by atoms with van der Waals surface area (Å²) in [6, 6.07) is 8.15. The fourth-order valence-corrected chi connectivity index (χ4v) is 3.75. The van der Waals surface area contributed by atoms with Gasteiger partial charge in [0.05, 0.1) is 42.6 Å². The van der Waals surface area contributed by atoms with E-state index in [1.165, 1.54) is 0 Å². The lowest BCUT2D eigenvalue weighted by Crippen LogP contribution is -2.09. The number of ether oxygens (including phenoxy) is 2. The van der Waals surface area contributed by atoms with Crippen molar-refractivity contribution in [3.63, 3.8) is 0 Å². The molecule has 4 heterocycles. The Morgan fingerprint density at radius 1 is 1.18 bits per heavy atom. The summed E-state index contributed by atoms with van der Waals surface area (Å²) in [5.74, 6) is 1.30. The Morgan fingerprint density at radius 3 is 2.79 bits per heavy atom. The van der Waals surface area contributed by atoms with Gasteiger partial charge >= 0.3 is 0 Å². The Bertz CT molecular complexity index is 1250. The van der Waals surface area contributed by atoms with Crippen LogP contribution in [0.3, 0.4) is 0 Å². The van der Waals surface area contributed by atoms with Crippen LogP contribution in [0.2, 0.25) is 0 Å². The molecule has 0 aliphatic heterocycles. The molecule has 0 saturated heterocycles. The Morgan fingerprint density at radius 2 is 2.03 bits per heavy atom. The van der Waals surface area contributed by atoms with E-state index >= 15 is 0 Å². The largest absolute Gasteiger partial charge is 0.495 e. The van der Waals surface area contributed by atoms with Gasteiger partial charge in [-0.15, -0.1) is 0 Å². The zero-order valence-electron chi connectivity index (χ0n) is 19.8. The number of aromatic nitrogens is 5. The van der Waals surface area contributed by atoms with Gasteiger partial charge in [-0.25, -0.2) is 9.97 Å². The van der Waals surface area contributed by atoms with Crippen LogP contribution in [0.15, 0.2) is 42.9 Å². The molecule has 8 nitrogen and oxygen atoms in total. The number of methoxy groups -OCH3 is 1. The Balaban J connectivity index is 1.84. The Kier molecular flexibility index (Phi) is 6.72. The van der Waals surface area contributed by atoms with Gasteiger partial charge < -0.3 is 14.8 Å². The second-order valence-electron chi connectivity index (χ2n) is 7.92. The first kappa shape index (κ1) is 22.5. The van der Waals surface area contributed by atoms with E-state index < -0.39 is 0 Å². The van der Waals surface area contributed by atoms with Crippen LogP contribution in [0.1, 0.15) is 44.5 Å². The molecule has 0 amide bonds. The molecular weight excluding hydrogens is 416 g/mol. The molecule has 4 aromatic rings. The topological polar surface area (TPSA) is 87.0 Å². The lowest BCUT2D eigenvalue weighted by molar-refractivity contribution is 0.328. The average molecular weight is 447 g/mol. The highest BCUT2D eigenvalue weighted by Crippen LogP contribution is 2.35. The summed E-state index contributed by atoms with van der Waals surface area (Å²) in [5, 5.41) is 8.42. The molecule has 1 atom stereocenters. The van der Waals surface area contributed by atoms with E-state index in [0.29, 0.717) is 19.0 Å². The molecule has 1 N–H and O–H groups in total. The van der Waals surface area contributed by atoms with Gasteiger partial charge in [0.25, 0.3) is 0 Å². The minimum absolute atomic E-state index is 0.241. The maximum Gasteiger partial charge on any atom is 0.222 e. The highest BCUT2D eigenvalue weighted by atomic mass is 16.5. The third-order valence-electron chi connectivity index (χ3n) is 5.65. The Labute approximate surface area is 194 Å². The summed E-state index contributed by atoms with van der Waals surface area (Å²) in [6.45, 7) is 9.40. The molecule has 0 bridgehead atoms. The molecule has 0 spiro atoms. The van der Waals surface area contributed by atoms with Gasteiger partial charge in [-0.05, 0) is 57.0 Å². The first-order valence-electron chi connectivity index (χ1n) is 11.3. The molecule has 172 valence electrons. The third kappa shape index (κ3) is 4.60. The van der Waals surface area contributed by atoms with Crippen LogP contribution in [-0.4, -0.2) is 38.4 Å². The molecule has 0 fully saturated rings. The highest BCUT2D eigenvalue weighted by Gasteiger charge is 2.20. The van der Waals surface area contributed by atoms with E-state index in [0.717, 1.165) is 51.4 Å². The molecule has 4 rings (SSSR count). The van der Waals surface area contributed by atoms with Gasteiger partial charge in [-0.1, -0.05) is 6.92 Å². The number of anilines is 1. The van der Waals surface area contributed by atoms with Crippen LogP contribution in [-0.2, 0) is 6.54 Å². The van der Waals surface area contributed by atoms with Crippen molar-refractivity contribution in [2.45, 2.75) is 46.7 Å². The second kappa shape index (κ2) is 9.85. The quantitative estimate of drug-likeness (QED) is 0.379. The Hall–Kier alpha value is -3.68. The second-order valence-corrected chi connectivity index (χ2v) is 7.92. The fourth-order valence-electron chi connectivity index (χ4n) is 3.75. The highest BCUT2D eigenvalue weighted by molar-refractivity contribution is 5.93.